The predicted octanol–water partition coefficient (Wildman–Crippen LogP) is 2.37. The number of nitrogens with one attached hydrogen (secondary N) is 3. The van der Waals surface area contributed by atoms with Crippen molar-refractivity contribution < 1.29 is 9.21 Å². The molecule has 0 bridgehead atoms. The van der Waals surface area contributed by atoms with Crippen LogP contribution >= 0.6 is 0 Å². The van der Waals surface area contributed by atoms with Crippen molar-refractivity contribution in [1.82, 2.24) is 20.4 Å². The number of nitrogens with zero attached hydrogens (tertiary/aromatic N) is 3. The van der Waals surface area contributed by atoms with Crippen molar-refractivity contribution in [3.05, 3.63) is 72.4 Å². The Hall–Kier alpha value is -3.55. The first-order chi connectivity index (χ1) is 13.7. The molecule has 0 unspecified atom stereocenters. The van der Waals surface area contributed by atoms with E-state index in [9.17, 15) is 4.79 Å². The van der Waals surface area contributed by atoms with Gasteiger partial charge in [-0.25, -0.2) is 4.99 Å². The molecule has 0 fully saturated rings. The monoisotopic (exact) mass is 380 g/mol. The lowest BCUT2D eigenvalue weighted by Gasteiger charge is -2.11. The highest BCUT2D eigenvalue weighted by Gasteiger charge is 2.05. The average molecular weight is 380 g/mol. The van der Waals surface area contributed by atoms with E-state index in [1.54, 1.807) is 29.4 Å². The molecule has 8 heteroatoms. The lowest BCUT2D eigenvalue weighted by Crippen LogP contribution is -2.36. The van der Waals surface area contributed by atoms with E-state index >= 15 is 0 Å². The van der Waals surface area contributed by atoms with Gasteiger partial charge in [0.05, 0.1) is 19.4 Å². The molecule has 0 radical (unpaired) electrons. The zero-order chi connectivity index (χ0) is 19.6. The van der Waals surface area contributed by atoms with Crippen LogP contribution in [-0.4, -0.2) is 28.2 Å². The Morgan fingerprint density at radius 1 is 1.21 bits per heavy atom. The van der Waals surface area contributed by atoms with Gasteiger partial charge in [-0.3, -0.25) is 9.48 Å². The molecule has 0 aliphatic heterocycles. The molecule has 3 N–H and O–H groups in total. The molecule has 28 heavy (non-hydrogen) atoms. The van der Waals surface area contributed by atoms with Gasteiger partial charge in [-0.2, -0.15) is 5.10 Å². The molecule has 2 heterocycles. The second-order valence-electron chi connectivity index (χ2n) is 6.08. The van der Waals surface area contributed by atoms with Crippen molar-refractivity contribution in [2.45, 2.75) is 26.6 Å². The van der Waals surface area contributed by atoms with Gasteiger partial charge in [0.25, 0.3) is 0 Å². The summed E-state index contributed by atoms with van der Waals surface area (Å²) in [6, 6.07) is 13.2. The molecule has 0 aliphatic rings. The summed E-state index contributed by atoms with van der Waals surface area (Å²) in [5.41, 5.74) is 1.73. The van der Waals surface area contributed by atoms with Gasteiger partial charge in [0.1, 0.15) is 12.3 Å². The van der Waals surface area contributed by atoms with Crippen LogP contribution in [0.25, 0.3) is 0 Å². The second-order valence-corrected chi connectivity index (χ2v) is 6.08. The number of aliphatic imine (C=N–C) groups is 1. The number of carbonyl (C=O) groups excluding carboxylic acids is 1. The molecule has 146 valence electrons. The van der Waals surface area contributed by atoms with E-state index in [0.717, 1.165) is 23.6 Å². The fraction of sp³-hybridized carbons (Fsp3) is 0.250. The summed E-state index contributed by atoms with van der Waals surface area (Å²) in [6.45, 7) is 3.99. The predicted molar refractivity (Wildman–Crippen MR) is 108 cm³/mol. The highest BCUT2D eigenvalue weighted by molar-refractivity contribution is 5.90. The summed E-state index contributed by atoms with van der Waals surface area (Å²) in [5, 5.41) is 13.4. The Morgan fingerprint density at radius 2 is 2.14 bits per heavy atom. The van der Waals surface area contributed by atoms with E-state index in [1.807, 2.05) is 43.3 Å². The van der Waals surface area contributed by atoms with Crippen LogP contribution < -0.4 is 16.0 Å². The average Bonchev–Trinajstić information content (AvgIpc) is 3.38. The standard InChI is InChI=1S/C20H24N6O2/c1-2-21-20(23-14-18-8-4-11-28-18)22-13-16-6-3-7-17(12-16)25-19(27)15-26-10-5-9-24-26/h3-12H,2,13-15H2,1H3,(H,25,27)(H2,21,22,23). The molecule has 0 spiro atoms. The third-order valence-corrected chi connectivity index (χ3v) is 3.85. The topological polar surface area (TPSA) is 96.5 Å². The zero-order valence-corrected chi connectivity index (χ0v) is 15.8. The Labute approximate surface area is 163 Å². The minimum atomic E-state index is -0.127. The van der Waals surface area contributed by atoms with Gasteiger partial charge in [-0.1, -0.05) is 12.1 Å². The van der Waals surface area contributed by atoms with E-state index in [-0.39, 0.29) is 12.5 Å². The number of furan rings is 1. The van der Waals surface area contributed by atoms with Crippen LogP contribution in [0.15, 0.2) is 70.5 Å². The van der Waals surface area contributed by atoms with Crippen LogP contribution in [0.2, 0.25) is 0 Å². The van der Waals surface area contributed by atoms with Crippen LogP contribution in [0, 0.1) is 0 Å². The third-order valence-electron chi connectivity index (χ3n) is 3.85. The Kier molecular flexibility index (Phi) is 6.84. The fourth-order valence-corrected chi connectivity index (χ4v) is 2.59. The zero-order valence-electron chi connectivity index (χ0n) is 15.8. The smallest absolute Gasteiger partial charge is 0.246 e. The Bertz CT molecular complexity index is 887. The minimum absolute atomic E-state index is 0.127. The quantitative estimate of drug-likeness (QED) is 0.412. The van der Waals surface area contributed by atoms with E-state index in [1.165, 1.54) is 0 Å². The Morgan fingerprint density at radius 3 is 2.89 bits per heavy atom. The van der Waals surface area contributed by atoms with Crippen molar-refractivity contribution in [2.75, 3.05) is 11.9 Å². The maximum atomic E-state index is 12.1. The van der Waals surface area contributed by atoms with Crippen LogP contribution in [0.3, 0.4) is 0 Å². The lowest BCUT2D eigenvalue weighted by atomic mass is 10.2. The largest absolute Gasteiger partial charge is 0.467 e. The molecular weight excluding hydrogens is 356 g/mol. The first kappa shape index (κ1) is 19.2. The summed E-state index contributed by atoms with van der Waals surface area (Å²) in [7, 11) is 0. The second kappa shape index (κ2) is 9.96. The highest BCUT2D eigenvalue weighted by Crippen LogP contribution is 2.12. The lowest BCUT2D eigenvalue weighted by molar-refractivity contribution is -0.116. The molecular formula is C20H24N6O2. The molecule has 0 saturated heterocycles. The number of rotatable bonds is 8. The van der Waals surface area contributed by atoms with Gasteiger partial charge >= 0.3 is 0 Å². The van der Waals surface area contributed by atoms with Crippen molar-refractivity contribution in [3.63, 3.8) is 0 Å². The van der Waals surface area contributed by atoms with Crippen molar-refractivity contribution in [1.29, 1.82) is 0 Å². The van der Waals surface area contributed by atoms with Gasteiger partial charge in [-0.15, -0.1) is 0 Å². The number of amides is 1. The number of hydrogen-bond donors (Lipinski definition) is 3. The van der Waals surface area contributed by atoms with Crippen molar-refractivity contribution in [3.8, 4) is 0 Å². The van der Waals surface area contributed by atoms with Crippen molar-refractivity contribution in [2.24, 2.45) is 4.99 Å². The van der Waals surface area contributed by atoms with Crippen LogP contribution in [-0.2, 0) is 24.4 Å². The number of hydrogen-bond acceptors (Lipinski definition) is 4. The summed E-state index contributed by atoms with van der Waals surface area (Å²) in [5.74, 6) is 1.41. The molecule has 0 atom stereocenters. The SMILES string of the molecule is CCNC(=NCc1cccc(NC(=O)Cn2cccn2)c1)NCc1ccco1. The molecule has 0 saturated carbocycles. The number of anilines is 1. The van der Waals surface area contributed by atoms with Crippen molar-refractivity contribution >= 4 is 17.6 Å². The van der Waals surface area contributed by atoms with E-state index in [0.29, 0.717) is 19.0 Å². The molecule has 2 aromatic heterocycles. The van der Waals surface area contributed by atoms with E-state index in [2.05, 4.69) is 26.0 Å². The Balaban J connectivity index is 1.57. The third kappa shape index (κ3) is 6.01. The van der Waals surface area contributed by atoms with E-state index in [4.69, 9.17) is 4.42 Å². The molecule has 3 rings (SSSR count). The molecule has 1 aromatic carbocycles. The first-order valence-corrected chi connectivity index (χ1v) is 9.13. The first-order valence-electron chi connectivity index (χ1n) is 9.13. The maximum absolute atomic E-state index is 12.1. The summed E-state index contributed by atoms with van der Waals surface area (Å²) in [4.78, 5) is 16.7. The summed E-state index contributed by atoms with van der Waals surface area (Å²) in [6.07, 6.45) is 5.05. The van der Waals surface area contributed by atoms with Crippen LogP contribution in [0.1, 0.15) is 18.2 Å². The van der Waals surface area contributed by atoms with Gasteiger partial charge in [0, 0.05) is 24.6 Å². The number of benzene rings is 1. The number of carbonyl (C=O) groups is 1. The molecule has 0 aliphatic carbocycles. The van der Waals surface area contributed by atoms with Crippen LogP contribution in [0.4, 0.5) is 5.69 Å². The maximum Gasteiger partial charge on any atom is 0.246 e. The van der Waals surface area contributed by atoms with E-state index < -0.39 is 0 Å². The van der Waals surface area contributed by atoms with Gasteiger partial charge < -0.3 is 20.4 Å². The summed E-state index contributed by atoms with van der Waals surface area (Å²) < 4.78 is 6.90. The number of aromatic nitrogens is 2. The van der Waals surface area contributed by atoms with Gasteiger partial charge in [0.2, 0.25) is 5.91 Å². The summed E-state index contributed by atoms with van der Waals surface area (Å²) >= 11 is 0. The minimum Gasteiger partial charge on any atom is -0.467 e. The normalized spacial score (nSPS) is 11.2. The number of guanidine groups is 1. The molecule has 1 amide bonds. The van der Waals surface area contributed by atoms with Gasteiger partial charge in [0.15, 0.2) is 5.96 Å². The highest BCUT2D eigenvalue weighted by atomic mass is 16.3. The molecule has 8 nitrogen and oxygen atoms in total. The van der Waals surface area contributed by atoms with Gasteiger partial charge in [-0.05, 0) is 42.8 Å². The van der Waals surface area contributed by atoms with Crippen LogP contribution in [0.5, 0.6) is 0 Å². The molecule has 3 aromatic rings. The fourth-order valence-electron chi connectivity index (χ4n) is 2.59.